The van der Waals surface area contributed by atoms with E-state index in [1.165, 1.54) is 6.08 Å². The molecule has 0 aromatic heterocycles. The molecule has 3 nitrogen and oxygen atoms in total. The van der Waals surface area contributed by atoms with E-state index < -0.39 is 17.7 Å². The molecule has 1 aliphatic heterocycles. The molecule has 0 spiro atoms. The summed E-state index contributed by atoms with van der Waals surface area (Å²) in [5, 5.41) is 10.3. The smallest absolute Gasteiger partial charge is 0.397 e. The highest BCUT2D eigenvalue weighted by atomic mass is 19.4. The number of hydrogen-bond acceptors (Lipinski definition) is 3. The van der Waals surface area contributed by atoms with Gasteiger partial charge in [-0.15, -0.1) is 0 Å². The average Bonchev–Trinajstić information content (AvgIpc) is 2.96. The second-order valence-corrected chi connectivity index (χ2v) is 7.54. The first kappa shape index (κ1) is 19.3. The zero-order valence-corrected chi connectivity index (χ0v) is 14.5. The molecule has 1 saturated carbocycles. The van der Waals surface area contributed by atoms with Gasteiger partial charge >= 0.3 is 12.1 Å². The molecule has 6 heteroatoms. The van der Waals surface area contributed by atoms with Crippen LogP contribution >= 0.6 is 0 Å². The Balaban J connectivity index is 2.12. The van der Waals surface area contributed by atoms with Gasteiger partial charge in [0, 0.05) is 5.92 Å². The third-order valence-corrected chi connectivity index (χ3v) is 5.78. The molecule has 0 aromatic rings. The zero-order valence-electron chi connectivity index (χ0n) is 14.5. The first-order valence-corrected chi connectivity index (χ1v) is 8.72. The molecular formula is C18H27F3O3. The number of fused-ring (bicyclic) bond motifs is 1. The van der Waals surface area contributed by atoms with E-state index in [1.807, 2.05) is 13.8 Å². The van der Waals surface area contributed by atoms with Crippen LogP contribution < -0.4 is 0 Å². The highest BCUT2D eigenvalue weighted by Gasteiger charge is 2.54. The number of ether oxygens (including phenoxy) is 1. The first-order chi connectivity index (χ1) is 11.1. The Kier molecular flexibility index (Phi) is 5.68. The van der Waals surface area contributed by atoms with Crippen LogP contribution in [0.5, 0.6) is 0 Å². The van der Waals surface area contributed by atoms with E-state index >= 15 is 0 Å². The van der Waals surface area contributed by atoms with Gasteiger partial charge in [0.05, 0.1) is 17.9 Å². The van der Waals surface area contributed by atoms with Crippen molar-refractivity contribution in [3.63, 3.8) is 0 Å². The number of aliphatic hydroxyl groups is 1. The van der Waals surface area contributed by atoms with Crippen LogP contribution in [-0.4, -0.2) is 29.5 Å². The molecule has 2 rings (SSSR count). The number of rotatable bonds is 6. The Labute approximate surface area is 141 Å². The maximum Gasteiger partial charge on any atom is 0.397 e. The van der Waals surface area contributed by atoms with Gasteiger partial charge in [0.25, 0.3) is 0 Å². The summed E-state index contributed by atoms with van der Waals surface area (Å²) in [6.07, 6.45) is -1.23. The van der Waals surface area contributed by atoms with Crippen LogP contribution in [0.4, 0.5) is 13.2 Å². The van der Waals surface area contributed by atoms with Gasteiger partial charge in [-0.1, -0.05) is 38.8 Å². The highest BCUT2D eigenvalue weighted by Crippen LogP contribution is 2.47. The molecule has 24 heavy (non-hydrogen) atoms. The fraction of sp³-hybridized carbons (Fsp3) is 0.833. The Bertz CT molecular complexity index is 488. The van der Waals surface area contributed by atoms with Crippen molar-refractivity contribution in [2.24, 2.45) is 23.2 Å². The van der Waals surface area contributed by atoms with E-state index in [0.717, 1.165) is 13.3 Å². The number of halogens is 3. The number of unbranched alkanes of at least 4 members (excludes halogenated alkanes) is 1. The summed E-state index contributed by atoms with van der Waals surface area (Å²) in [6.45, 7) is 4.92. The summed E-state index contributed by atoms with van der Waals surface area (Å²) in [7, 11) is 0. The van der Waals surface area contributed by atoms with E-state index in [2.05, 4.69) is 0 Å². The van der Waals surface area contributed by atoms with Crippen molar-refractivity contribution < 1.29 is 27.8 Å². The molecule has 138 valence electrons. The summed E-state index contributed by atoms with van der Waals surface area (Å²) in [4.78, 5) is 11.4. The lowest BCUT2D eigenvalue weighted by Gasteiger charge is -2.35. The van der Waals surface area contributed by atoms with Crippen molar-refractivity contribution in [3.8, 4) is 0 Å². The topological polar surface area (TPSA) is 46.5 Å². The summed E-state index contributed by atoms with van der Waals surface area (Å²) in [5.41, 5.74) is -2.15. The molecule has 1 saturated heterocycles. The quantitative estimate of drug-likeness (QED) is 0.577. The van der Waals surface area contributed by atoms with E-state index in [4.69, 9.17) is 4.74 Å². The maximum absolute atomic E-state index is 13.5. The van der Waals surface area contributed by atoms with Crippen molar-refractivity contribution in [1.29, 1.82) is 0 Å². The van der Waals surface area contributed by atoms with E-state index in [0.29, 0.717) is 19.3 Å². The first-order valence-electron chi connectivity index (χ1n) is 8.72. The minimum atomic E-state index is -4.47. The van der Waals surface area contributed by atoms with Gasteiger partial charge in [0.15, 0.2) is 0 Å². The molecule has 0 bridgehead atoms. The predicted molar refractivity (Wildman–Crippen MR) is 84.1 cm³/mol. The third-order valence-electron chi connectivity index (χ3n) is 5.78. The summed E-state index contributed by atoms with van der Waals surface area (Å²) in [5.74, 6) is -0.0215. The van der Waals surface area contributed by atoms with Gasteiger partial charge in [-0.3, -0.25) is 4.79 Å². The van der Waals surface area contributed by atoms with Crippen molar-refractivity contribution >= 4 is 5.97 Å². The third kappa shape index (κ3) is 3.63. The van der Waals surface area contributed by atoms with Crippen molar-refractivity contribution in [2.45, 2.75) is 71.3 Å². The highest BCUT2D eigenvalue weighted by molar-refractivity contribution is 5.72. The molecule has 1 heterocycles. The van der Waals surface area contributed by atoms with Crippen molar-refractivity contribution in [1.82, 2.24) is 0 Å². The van der Waals surface area contributed by atoms with Crippen LogP contribution in [0.15, 0.2) is 12.2 Å². The normalized spacial score (nSPS) is 34.2. The van der Waals surface area contributed by atoms with Crippen LogP contribution in [0.2, 0.25) is 0 Å². The van der Waals surface area contributed by atoms with Gasteiger partial charge in [-0.2, -0.15) is 13.2 Å². The lowest BCUT2D eigenvalue weighted by atomic mass is 9.77. The standard InChI is InChI=1S/C18H27F3O3/c1-4-5-8-17(3,18(19,20)21)15(22)7-6-12-11(2)9-14-13(12)10-16(23)24-14/h6-7,11-15,22H,4-5,8-10H2,1-3H3/t11-,12+,13-,14+,15-,17-/m1/s1. The van der Waals surface area contributed by atoms with Gasteiger partial charge in [-0.05, 0) is 31.6 Å². The summed E-state index contributed by atoms with van der Waals surface area (Å²) >= 11 is 0. The van der Waals surface area contributed by atoms with Crippen LogP contribution in [-0.2, 0) is 9.53 Å². The lowest BCUT2D eigenvalue weighted by Crippen LogP contribution is -2.44. The fourth-order valence-corrected chi connectivity index (χ4v) is 3.96. The van der Waals surface area contributed by atoms with E-state index in [1.54, 1.807) is 6.08 Å². The van der Waals surface area contributed by atoms with Crippen LogP contribution in [0.1, 0.15) is 52.9 Å². The predicted octanol–water partition coefficient (Wildman–Crippen LogP) is 4.25. The Morgan fingerprint density at radius 2 is 2.08 bits per heavy atom. The molecule has 1 N–H and O–H groups in total. The average molecular weight is 348 g/mol. The van der Waals surface area contributed by atoms with E-state index in [-0.39, 0.29) is 36.2 Å². The summed E-state index contributed by atoms with van der Waals surface area (Å²) in [6, 6.07) is 0. The van der Waals surface area contributed by atoms with Crippen LogP contribution in [0.25, 0.3) is 0 Å². The van der Waals surface area contributed by atoms with Gasteiger partial charge in [0.1, 0.15) is 6.10 Å². The minimum absolute atomic E-state index is 0.0173. The van der Waals surface area contributed by atoms with Gasteiger partial charge < -0.3 is 9.84 Å². The number of allylic oxidation sites excluding steroid dienone is 1. The van der Waals surface area contributed by atoms with E-state index in [9.17, 15) is 23.1 Å². The van der Waals surface area contributed by atoms with Crippen LogP contribution in [0.3, 0.4) is 0 Å². The number of alkyl halides is 3. The second kappa shape index (κ2) is 7.06. The Morgan fingerprint density at radius 3 is 2.67 bits per heavy atom. The second-order valence-electron chi connectivity index (χ2n) is 7.54. The number of carbonyl (C=O) groups excluding carboxylic acids is 1. The van der Waals surface area contributed by atoms with Crippen molar-refractivity contribution in [3.05, 3.63) is 12.2 Å². The molecule has 0 radical (unpaired) electrons. The summed E-state index contributed by atoms with van der Waals surface area (Å²) < 4.78 is 45.6. The lowest BCUT2D eigenvalue weighted by molar-refractivity contribution is -0.244. The molecular weight excluding hydrogens is 321 g/mol. The van der Waals surface area contributed by atoms with Gasteiger partial charge in [-0.25, -0.2) is 0 Å². The number of hydrogen-bond donors (Lipinski definition) is 1. The molecule has 0 aromatic carbocycles. The fourth-order valence-electron chi connectivity index (χ4n) is 3.96. The van der Waals surface area contributed by atoms with Gasteiger partial charge in [0.2, 0.25) is 0 Å². The minimum Gasteiger partial charge on any atom is -0.462 e. The Morgan fingerprint density at radius 1 is 1.42 bits per heavy atom. The Hall–Kier alpha value is -1.04. The number of esters is 1. The number of carbonyl (C=O) groups is 1. The molecule has 0 amide bonds. The molecule has 1 aliphatic carbocycles. The van der Waals surface area contributed by atoms with Crippen molar-refractivity contribution in [2.75, 3.05) is 0 Å². The monoisotopic (exact) mass is 348 g/mol. The number of aliphatic hydroxyl groups excluding tert-OH is 1. The SMILES string of the molecule is CCCC[C@](C)([C@H](O)C=C[C@@H]1[C@H]2CC(=O)O[C@H]2C[C@H]1C)C(F)(F)F. The molecule has 0 unspecified atom stereocenters. The zero-order chi connectivity index (χ0) is 18.1. The molecule has 6 atom stereocenters. The largest absolute Gasteiger partial charge is 0.462 e. The maximum atomic E-state index is 13.5. The molecule has 2 fully saturated rings. The molecule has 2 aliphatic rings. The van der Waals surface area contributed by atoms with Crippen LogP contribution in [0, 0.1) is 23.2 Å².